The van der Waals surface area contributed by atoms with E-state index < -0.39 is 17.6 Å². The molecule has 3 rings (SSSR count). The first-order valence-corrected chi connectivity index (χ1v) is 7.16. The van der Waals surface area contributed by atoms with Crippen molar-refractivity contribution in [1.82, 2.24) is 4.90 Å². The van der Waals surface area contributed by atoms with Crippen LogP contribution in [0, 0.1) is 5.82 Å². The summed E-state index contributed by atoms with van der Waals surface area (Å²) in [5.74, 6) is -0.779. The highest BCUT2D eigenvalue weighted by Crippen LogP contribution is 2.38. The van der Waals surface area contributed by atoms with Crippen molar-refractivity contribution in [1.29, 1.82) is 0 Å². The van der Waals surface area contributed by atoms with Crippen LogP contribution in [0.1, 0.15) is 36.8 Å². The van der Waals surface area contributed by atoms with Gasteiger partial charge >= 0.3 is 6.18 Å². The molecule has 114 valence electrons. The van der Waals surface area contributed by atoms with E-state index in [1.54, 1.807) is 0 Å². The largest absolute Gasteiger partial charge is 0.416 e. The molecule has 1 fully saturated rings. The summed E-state index contributed by atoms with van der Waals surface area (Å²) in [7, 11) is 2.06. The fraction of sp³-hybridized carbons (Fsp3) is 0.500. The van der Waals surface area contributed by atoms with Gasteiger partial charge in [-0.1, -0.05) is 18.6 Å². The number of halogens is 4. The minimum absolute atomic E-state index is 0.272. The quantitative estimate of drug-likeness (QED) is 0.691. The molecule has 1 aromatic rings. The number of hydrogen-bond donors (Lipinski definition) is 0. The van der Waals surface area contributed by atoms with E-state index in [9.17, 15) is 17.6 Å². The SMILES string of the molecule is CN1C2C=C(c3ccc(C(F)(F)F)cc3F)CC1CCC2. The van der Waals surface area contributed by atoms with Gasteiger partial charge in [0.25, 0.3) is 0 Å². The number of likely N-dealkylation sites (N-methyl/N-ethyl adjacent to an activating group) is 1. The van der Waals surface area contributed by atoms with Crippen LogP contribution >= 0.6 is 0 Å². The summed E-state index contributed by atoms with van der Waals surface area (Å²) >= 11 is 0. The molecule has 2 heterocycles. The minimum Gasteiger partial charge on any atom is -0.297 e. The molecular formula is C16H17F4N. The highest BCUT2D eigenvalue weighted by molar-refractivity contribution is 5.68. The van der Waals surface area contributed by atoms with Gasteiger partial charge in [0.15, 0.2) is 0 Å². The van der Waals surface area contributed by atoms with Gasteiger partial charge in [-0.2, -0.15) is 13.2 Å². The summed E-state index contributed by atoms with van der Waals surface area (Å²) < 4.78 is 51.9. The highest BCUT2D eigenvalue weighted by Gasteiger charge is 2.34. The Kier molecular flexibility index (Phi) is 3.56. The molecule has 1 aromatic carbocycles. The Hall–Kier alpha value is -1.36. The van der Waals surface area contributed by atoms with Gasteiger partial charge in [-0.05, 0) is 44.0 Å². The number of fused-ring (bicyclic) bond motifs is 2. The van der Waals surface area contributed by atoms with Crippen LogP contribution in [0.5, 0.6) is 0 Å². The number of nitrogens with zero attached hydrogens (tertiary/aromatic N) is 1. The molecule has 2 bridgehead atoms. The van der Waals surface area contributed by atoms with E-state index >= 15 is 0 Å². The zero-order chi connectivity index (χ0) is 15.2. The van der Waals surface area contributed by atoms with E-state index in [-0.39, 0.29) is 6.04 Å². The molecular weight excluding hydrogens is 282 g/mol. The van der Waals surface area contributed by atoms with Crippen molar-refractivity contribution in [2.24, 2.45) is 0 Å². The van der Waals surface area contributed by atoms with Crippen molar-refractivity contribution in [2.45, 2.75) is 43.9 Å². The van der Waals surface area contributed by atoms with Crippen LogP contribution < -0.4 is 0 Å². The van der Waals surface area contributed by atoms with Gasteiger partial charge in [0.1, 0.15) is 5.82 Å². The van der Waals surface area contributed by atoms with E-state index in [4.69, 9.17) is 0 Å². The lowest BCUT2D eigenvalue weighted by Gasteiger charge is -2.42. The van der Waals surface area contributed by atoms with Crippen molar-refractivity contribution in [3.63, 3.8) is 0 Å². The second kappa shape index (κ2) is 5.13. The maximum absolute atomic E-state index is 14.1. The fourth-order valence-corrected chi connectivity index (χ4v) is 3.39. The third-order valence-electron chi connectivity index (χ3n) is 4.63. The third-order valence-corrected chi connectivity index (χ3v) is 4.63. The van der Waals surface area contributed by atoms with Crippen LogP contribution in [-0.4, -0.2) is 24.0 Å². The number of benzene rings is 1. The average Bonchev–Trinajstić information content (AvgIpc) is 2.37. The summed E-state index contributed by atoms with van der Waals surface area (Å²) in [5, 5.41) is 0. The van der Waals surface area contributed by atoms with E-state index in [1.807, 2.05) is 6.08 Å². The number of rotatable bonds is 1. The van der Waals surface area contributed by atoms with Crippen LogP contribution in [0.2, 0.25) is 0 Å². The van der Waals surface area contributed by atoms with Gasteiger partial charge in [0.05, 0.1) is 5.56 Å². The topological polar surface area (TPSA) is 3.24 Å². The maximum Gasteiger partial charge on any atom is 0.416 e. The average molecular weight is 299 g/mol. The molecule has 0 aliphatic carbocycles. The Labute approximate surface area is 121 Å². The van der Waals surface area contributed by atoms with Crippen LogP contribution in [0.4, 0.5) is 17.6 Å². The first kappa shape index (κ1) is 14.6. The summed E-state index contributed by atoms with van der Waals surface area (Å²) in [6.07, 6.45) is 1.46. The monoisotopic (exact) mass is 299 g/mol. The fourth-order valence-electron chi connectivity index (χ4n) is 3.39. The Morgan fingerprint density at radius 2 is 1.95 bits per heavy atom. The van der Waals surface area contributed by atoms with Crippen molar-refractivity contribution in [2.75, 3.05) is 7.05 Å². The van der Waals surface area contributed by atoms with Gasteiger partial charge in [-0.3, -0.25) is 4.90 Å². The lowest BCUT2D eigenvalue weighted by atomic mass is 9.83. The van der Waals surface area contributed by atoms with Crippen molar-refractivity contribution in [3.8, 4) is 0 Å². The molecule has 0 N–H and O–H groups in total. The zero-order valence-electron chi connectivity index (χ0n) is 11.8. The summed E-state index contributed by atoms with van der Waals surface area (Å²) in [6, 6.07) is 3.47. The molecule has 21 heavy (non-hydrogen) atoms. The number of alkyl halides is 3. The summed E-state index contributed by atoms with van der Waals surface area (Å²) in [4.78, 5) is 2.29. The maximum atomic E-state index is 14.1. The van der Waals surface area contributed by atoms with E-state index in [0.29, 0.717) is 24.1 Å². The van der Waals surface area contributed by atoms with Crippen LogP contribution in [0.15, 0.2) is 24.3 Å². The van der Waals surface area contributed by atoms with Gasteiger partial charge in [-0.15, -0.1) is 0 Å². The number of hydrogen-bond acceptors (Lipinski definition) is 1. The van der Waals surface area contributed by atoms with Gasteiger partial charge in [-0.25, -0.2) is 4.39 Å². The molecule has 0 saturated carbocycles. The molecule has 2 aliphatic rings. The summed E-state index contributed by atoms with van der Waals surface area (Å²) in [5.41, 5.74) is 0.222. The Balaban J connectivity index is 1.94. The summed E-state index contributed by atoms with van der Waals surface area (Å²) in [6.45, 7) is 0. The van der Waals surface area contributed by atoms with Crippen molar-refractivity contribution in [3.05, 3.63) is 41.2 Å². The third kappa shape index (κ3) is 2.71. The van der Waals surface area contributed by atoms with E-state index in [0.717, 1.165) is 30.9 Å². The molecule has 1 nitrogen and oxygen atoms in total. The molecule has 0 amide bonds. The lowest BCUT2D eigenvalue weighted by Crippen LogP contribution is -2.45. The molecule has 0 spiro atoms. The van der Waals surface area contributed by atoms with Crippen LogP contribution in [-0.2, 0) is 6.18 Å². The Morgan fingerprint density at radius 1 is 1.19 bits per heavy atom. The zero-order valence-corrected chi connectivity index (χ0v) is 11.8. The molecule has 0 radical (unpaired) electrons. The molecule has 2 aliphatic heterocycles. The first-order valence-electron chi connectivity index (χ1n) is 7.16. The molecule has 2 atom stereocenters. The smallest absolute Gasteiger partial charge is 0.297 e. The van der Waals surface area contributed by atoms with Gasteiger partial charge < -0.3 is 0 Å². The lowest BCUT2D eigenvalue weighted by molar-refractivity contribution is -0.137. The standard InChI is InChI=1S/C16H17F4N/c1-21-12-3-2-4-13(21)8-10(7-12)14-6-5-11(9-15(14)17)16(18,19)20/h5-7,9,12-13H,2-4,8H2,1H3. The van der Waals surface area contributed by atoms with Crippen LogP contribution in [0.3, 0.4) is 0 Å². The van der Waals surface area contributed by atoms with E-state index in [1.165, 1.54) is 6.07 Å². The van der Waals surface area contributed by atoms with Crippen LogP contribution in [0.25, 0.3) is 5.57 Å². The Bertz CT molecular complexity index is 576. The highest BCUT2D eigenvalue weighted by atomic mass is 19.4. The normalized spacial score (nSPS) is 26.6. The van der Waals surface area contributed by atoms with Gasteiger partial charge in [0.2, 0.25) is 0 Å². The van der Waals surface area contributed by atoms with E-state index in [2.05, 4.69) is 11.9 Å². The molecule has 1 saturated heterocycles. The molecule has 2 unspecified atom stereocenters. The number of piperidine rings is 1. The van der Waals surface area contributed by atoms with Crippen molar-refractivity contribution >= 4 is 5.57 Å². The molecule has 5 heteroatoms. The first-order chi connectivity index (χ1) is 9.86. The van der Waals surface area contributed by atoms with Gasteiger partial charge in [0, 0.05) is 17.6 Å². The molecule has 0 aromatic heterocycles. The predicted molar refractivity (Wildman–Crippen MR) is 73.2 cm³/mol. The second-order valence-corrected chi connectivity index (χ2v) is 5.91. The van der Waals surface area contributed by atoms with Crippen molar-refractivity contribution < 1.29 is 17.6 Å². The Morgan fingerprint density at radius 3 is 2.57 bits per heavy atom. The minimum atomic E-state index is -4.50. The second-order valence-electron chi connectivity index (χ2n) is 5.91. The predicted octanol–water partition coefficient (Wildman–Crippen LogP) is 4.48.